The van der Waals surface area contributed by atoms with E-state index in [2.05, 4.69) is 70.5 Å². The molecule has 2 fully saturated rings. The van der Waals surface area contributed by atoms with Gasteiger partial charge in [-0.05, 0) is 41.7 Å². The molecule has 3 aromatic rings. The Balaban J connectivity index is 1.30. The fourth-order valence-corrected chi connectivity index (χ4v) is 5.63. The summed E-state index contributed by atoms with van der Waals surface area (Å²) in [6.45, 7) is 3.61. The SMILES string of the molecule is O[C@@H](CN1CCN2C[C@@H]1CC[C@H]2C(c1ccccc1)c1ccccc1)c1ccc(F)cc1. The molecule has 4 heteroatoms. The highest BCUT2D eigenvalue weighted by Crippen LogP contribution is 2.38. The van der Waals surface area contributed by atoms with Gasteiger partial charge in [0.1, 0.15) is 5.82 Å². The number of piperidine rings is 1. The molecule has 0 aromatic heterocycles. The van der Waals surface area contributed by atoms with Gasteiger partial charge < -0.3 is 5.11 Å². The van der Waals surface area contributed by atoms with Crippen LogP contribution in [0.25, 0.3) is 0 Å². The van der Waals surface area contributed by atoms with Crippen LogP contribution in [0.4, 0.5) is 4.39 Å². The van der Waals surface area contributed by atoms with Crippen molar-refractivity contribution in [1.29, 1.82) is 0 Å². The molecular weight excluding hydrogens is 399 g/mol. The highest BCUT2D eigenvalue weighted by molar-refractivity contribution is 5.35. The first-order chi connectivity index (χ1) is 15.7. The standard InChI is InChI=1S/C28H31FN2O/c29-24-13-11-21(12-14-24)27(32)20-30-17-18-31-19-25(30)15-16-26(31)28(22-7-3-1-4-8-22)23-9-5-2-6-10-23/h1-14,25-28,32H,15-20H2/t25-,26-,27-/m0/s1. The van der Waals surface area contributed by atoms with Crippen LogP contribution in [0.2, 0.25) is 0 Å². The normalized spacial score (nSPS) is 24.4. The molecular formula is C28H31FN2O. The third-order valence-electron chi connectivity index (χ3n) is 7.27. The molecule has 1 N–H and O–H groups in total. The Morgan fingerprint density at radius 1 is 0.781 bits per heavy atom. The number of nitrogens with zero attached hydrogens (tertiary/aromatic N) is 2. The number of benzene rings is 3. The van der Waals surface area contributed by atoms with Crippen molar-refractivity contribution in [3.05, 3.63) is 107 Å². The molecule has 2 aliphatic rings. The fraction of sp³-hybridized carbons (Fsp3) is 0.357. The number of piperazine rings is 1. The maximum atomic E-state index is 13.2. The van der Waals surface area contributed by atoms with Crippen molar-refractivity contribution < 1.29 is 9.50 Å². The molecule has 2 heterocycles. The maximum absolute atomic E-state index is 13.2. The van der Waals surface area contributed by atoms with Crippen LogP contribution in [0.3, 0.4) is 0 Å². The second-order valence-corrected chi connectivity index (χ2v) is 9.15. The fourth-order valence-electron chi connectivity index (χ4n) is 5.63. The number of hydrogen-bond acceptors (Lipinski definition) is 3. The summed E-state index contributed by atoms with van der Waals surface area (Å²) in [4.78, 5) is 5.10. The van der Waals surface area contributed by atoms with E-state index in [0.29, 0.717) is 24.5 Å². The van der Waals surface area contributed by atoms with E-state index in [-0.39, 0.29) is 5.82 Å². The second-order valence-electron chi connectivity index (χ2n) is 9.15. The van der Waals surface area contributed by atoms with Crippen LogP contribution in [-0.4, -0.2) is 53.2 Å². The molecule has 2 bridgehead atoms. The number of rotatable bonds is 6. The third-order valence-corrected chi connectivity index (χ3v) is 7.27. The average molecular weight is 431 g/mol. The Bertz CT molecular complexity index is 955. The van der Waals surface area contributed by atoms with Gasteiger partial charge in [-0.1, -0.05) is 72.8 Å². The van der Waals surface area contributed by atoms with E-state index >= 15 is 0 Å². The summed E-state index contributed by atoms with van der Waals surface area (Å²) in [5.74, 6) is 0.106. The Hall–Kier alpha value is -2.53. The zero-order valence-electron chi connectivity index (χ0n) is 18.4. The Kier molecular flexibility index (Phi) is 6.35. The van der Waals surface area contributed by atoms with Gasteiger partial charge in [0.15, 0.2) is 0 Å². The predicted octanol–water partition coefficient (Wildman–Crippen LogP) is 4.84. The topological polar surface area (TPSA) is 26.7 Å². The van der Waals surface area contributed by atoms with Crippen molar-refractivity contribution >= 4 is 0 Å². The molecule has 5 rings (SSSR count). The zero-order valence-corrected chi connectivity index (χ0v) is 18.4. The van der Waals surface area contributed by atoms with Crippen LogP contribution in [0.5, 0.6) is 0 Å². The molecule has 2 aliphatic heterocycles. The third kappa shape index (κ3) is 4.49. The van der Waals surface area contributed by atoms with Crippen molar-refractivity contribution in [3.63, 3.8) is 0 Å². The molecule has 0 saturated carbocycles. The average Bonchev–Trinajstić information content (AvgIpc) is 2.84. The second kappa shape index (κ2) is 9.53. The molecule has 1 unspecified atom stereocenters. The highest BCUT2D eigenvalue weighted by Gasteiger charge is 2.40. The molecule has 166 valence electrons. The van der Waals surface area contributed by atoms with Crippen LogP contribution in [-0.2, 0) is 0 Å². The van der Waals surface area contributed by atoms with E-state index in [0.717, 1.165) is 38.0 Å². The van der Waals surface area contributed by atoms with E-state index in [1.807, 2.05) is 0 Å². The molecule has 3 aromatic carbocycles. The van der Waals surface area contributed by atoms with Gasteiger partial charge in [0, 0.05) is 44.2 Å². The van der Waals surface area contributed by atoms with Gasteiger partial charge in [-0.15, -0.1) is 0 Å². The summed E-state index contributed by atoms with van der Waals surface area (Å²) < 4.78 is 13.2. The lowest BCUT2D eigenvalue weighted by molar-refractivity contribution is -0.0195. The molecule has 0 spiro atoms. The zero-order chi connectivity index (χ0) is 21.9. The first-order valence-corrected chi connectivity index (χ1v) is 11.7. The number of β-amino-alcohol motifs (C(OH)–C–C–N with tert-alkyl or cyclic N) is 1. The number of fused-ring (bicyclic) bond motifs is 2. The van der Waals surface area contributed by atoms with Gasteiger partial charge in [-0.3, -0.25) is 9.80 Å². The Morgan fingerprint density at radius 3 is 2.03 bits per heavy atom. The highest BCUT2D eigenvalue weighted by atomic mass is 19.1. The molecule has 2 saturated heterocycles. The van der Waals surface area contributed by atoms with E-state index in [9.17, 15) is 9.50 Å². The molecule has 0 radical (unpaired) electrons. The van der Waals surface area contributed by atoms with Gasteiger partial charge in [-0.2, -0.15) is 0 Å². The summed E-state index contributed by atoms with van der Waals surface area (Å²) in [5, 5.41) is 10.7. The summed E-state index contributed by atoms with van der Waals surface area (Å²) >= 11 is 0. The van der Waals surface area contributed by atoms with Crippen molar-refractivity contribution in [2.75, 3.05) is 26.2 Å². The van der Waals surface area contributed by atoms with E-state index < -0.39 is 6.10 Å². The largest absolute Gasteiger partial charge is 0.387 e. The first kappa shape index (κ1) is 21.3. The lowest BCUT2D eigenvalue weighted by Crippen LogP contribution is -2.61. The van der Waals surface area contributed by atoms with Crippen molar-refractivity contribution in [2.24, 2.45) is 0 Å². The summed E-state index contributed by atoms with van der Waals surface area (Å²) in [5.41, 5.74) is 3.56. The summed E-state index contributed by atoms with van der Waals surface area (Å²) in [6.07, 6.45) is 1.69. The summed E-state index contributed by atoms with van der Waals surface area (Å²) in [6, 6.07) is 29.0. The lowest BCUT2D eigenvalue weighted by Gasteiger charge is -2.51. The minimum absolute atomic E-state index is 0.265. The number of aliphatic hydroxyl groups is 1. The van der Waals surface area contributed by atoms with Crippen LogP contribution < -0.4 is 0 Å². The quantitative estimate of drug-likeness (QED) is 0.606. The van der Waals surface area contributed by atoms with E-state index in [4.69, 9.17) is 0 Å². The Morgan fingerprint density at radius 2 is 1.41 bits per heavy atom. The predicted molar refractivity (Wildman–Crippen MR) is 126 cm³/mol. The molecule has 0 aliphatic carbocycles. The van der Waals surface area contributed by atoms with Gasteiger partial charge in [0.05, 0.1) is 6.10 Å². The lowest BCUT2D eigenvalue weighted by atomic mass is 9.79. The first-order valence-electron chi connectivity index (χ1n) is 11.7. The van der Waals surface area contributed by atoms with Crippen LogP contribution >= 0.6 is 0 Å². The van der Waals surface area contributed by atoms with Crippen LogP contribution in [0, 0.1) is 5.82 Å². The molecule has 4 atom stereocenters. The van der Waals surface area contributed by atoms with E-state index in [1.165, 1.54) is 23.3 Å². The van der Waals surface area contributed by atoms with Gasteiger partial charge in [-0.25, -0.2) is 4.39 Å². The van der Waals surface area contributed by atoms with Crippen molar-refractivity contribution in [3.8, 4) is 0 Å². The van der Waals surface area contributed by atoms with Crippen molar-refractivity contribution in [1.82, 2.24) is 9.80 Å². The van der Waals surface area contributed by atoms with Crippen molar-refractivity contribution in [2.45, 2.75) is 36.9 Å². The minimum Gasteiger partial charge on any atom is -0.387 e. The van der Waals surface area contributed by atoms with Crippen LogP contribution in [0.1, 0.15) is 41.6 Å². The Labute approximate surface area is 190 Å². The van der Waals surface area contributed by atoms with E-state index in [1.54, 1.807) is 12.1 Å². The minimum atomic E-state index is -0.582. The maximum Gasteiger partial charge on any atom is 0.123 e. The van der Waals surface area contributed by atoms with Crippen LogP contribution in [0.15, 0.2) is 84.9 Å². The van der Waals surface area contributed by atoms with Gasteiger partial charge in [0.2, 0.25) is 0 Å². The number of aliphatic hydroxyl groups excluding tert-OH is 1. The van der Waals surface area contributed by atoms with Gasteiger partial charge in [0.25, 0.3) is 0 Å². The number of hydrogen-bond donors (Lipinski definition) is 1. The smallest absolute Gasteiger partial charge is 0.123 e. The molecule has 0 amide bonds. The van der Waals surface area contributed by atoms with Gasteiger partial charge >= 0.3 is 0 Å². The monoisotopic (exact) mass is 430 g/mol. The number of halogens is 1. The molecule has 32 heavy (non-hydrogen) atoms. The molecule has 3 nitrogen and oxygen atoms in total. The summed E-state index contributed by atoms with van der Waals surface area (Å²) in [7, 11) is 0.